The van der Waals surface area contributed by atoms with E-state index in [1.54, 1.807) is 0 Å². The molecule has 0 unspecified atom stereocenters. The third-order valence-corrected chi connectivity index (χ3v) is 3.10. The Balaban J connectivity index is 2.15. The van der Waals surface area contributed by atoms with Gasteiger partial charge in [-0.2, -0.15) is 0 Å². The topological polar surface area (TPSA) is 12.0 Å². The van der Waals surface area contributed by atoms with Crippen LogP contribution in [0, 0.1) is 12.8 Å². The van der Waals surface area contributed by atoms with Crippen LogP contribution in [0.5, 0.6) is 0 Å². The minimum atomic E-state index is 0.744. The van der Waals surface area contributed by atoms with E-state index in [-0.39, 0.29) is 0 Å². The van der Waals surface area contributed by atoms with Gasteiger partial charge in [-0.05, 0) is 49.4 Å². The molecule has 0 saturated heterocycles. The summed E-state index contributed by atoms with van der Waals surface area (Å²) in [6.07, 6.45) is 5.59. The van der Waals surface area contributed by atoms with Gasteiger partial charge in [0.15, 0.2) is 0 Å². The molecular weight excluding hydrogens is 202 g/mol. The van der Waals surface area contributed by atoms with Gasteiger partial charge in [0, 0.05) is 4.88 Å². The lowest BCUT2D eigenvalue weighted by Crippen LogP contribution is -2.20. The van der Waals surface area contributed by atoms with E-state index in [1.807, 2.05) is 11.3 Å². The number of thiophene rings is 1. The molecule has 15 heavy (non-hydrogen) atoms. The summed E-state index contributed by atoms with van der Waals surface area (Å²) < 4.78 is 0. The van der Waals surface area contributed by atoms with Crippen LogP contribution in [0.15, 0.2) is 17.5 Å². The highest BCUT2D eigenvalue weighted by atomic mass is 32.1. The lowest BCUT2D eigenvalue weighted by Gasteiger charge is -2.04. The summed E-state index contributed by atoms with van der Waals surface area (Å²) in [5.74, 6) is 0.744. The monoisotopic (exact) mass is 223 g/mol. The first-order chi connectivity index (χ1) is 7.20. The van der Waals surface area contributed by atoms with Crippen LogP contribution in [-0.2, 0) is 0 Å². The summed E-state index contributed by atoms with van der Waals surface area (Å²) in [6, 6.07) is 2.18. The van der Waals surface area contributed by atoms with Crippen molar-refractivity contribution in [3.63, 3.8) is 0 Å². The van der Waals surface area contributed by atoms with Crippen LogP contribution in [0.25, 0.3) is 6.08 Å². The maximum Gasteiger partial charge on any atom is 0.00864 e. The first kappa shape index (κ1) is 12.5. The summed E-state index contributed by atoms with van der Waals surface area (Å²) in [7, 11) is 0. The number of hydrogen-bond acceptors (Lipinski definition) is 2. The Morgan fingerprint density at radius 1 is 1.47 bits per heavy atom. The Morgan fingerprint density at radius 2 is 2.27 bits per heavy atom. The van der Waals surface area contributed by atoms with Gasteiger partial charge in [0.25, 0.3) is 0 Å². The van der Waals surface area contributed by atoms with Crippen molar-refractivity contribution in [2.24, 2.45) is 5.92 Å². The smallest absolute Gasteiger partial charge is 0.00864 e. The van der Waals surface area contributed by atoms with Gasteiger partial charge in [-0.1, -0.05) is 26.0 Å². The van der Waals surface area contributed by atoms with Gasteiger partial charge in [0.05, 0.1) is 0 Å². The fourth-order valence-corrected chi connectivity index (χ4v) is 2.05. The zero-order valence-electron chi connectivity index (χ0n) is 9.92. The van der Waals surface area contributed by atoms with E-state index < -0.39 is 0 Å². The van der Waals surface area contributed by atoms with Gasteiger partial charge >= 0.3 is 0 Å². The van der Waals surface area contributed by atoms with E-state index in [0.29, 0.717) is 0 Å². The highest BCUT2D eigenvalue weighted by Crippen LogP contribution is 2.16. The molecule has 1 rings (SSSR count). The molecule has 1 aromatic heterocycles. The lowest BCUT2D eigenvalue weighted by molar-refractivity contribution is 0.557. The molecule has 1 aromatic rings. The largest absolute Gasteiger partial charge is 0.316 e. The van der Waals surface area contributed by atoms with Crippen LogP contribution in [0.3, 0.4) is 0 Å². The van der Waals surface area contributed by atoms with Gasteiger partial charge in [-0.25, -0.2) is 0 Å². The van der Waals surface area contributed by atoms with Crippen molar-refractivity contribution in [2.75, 3.05) is 13.1 Å². The van der Waals surface area contributed by atoms with Crippen LogP contribution in [0.2, 0.25) is 0 Å². The fourth-order valence-electron chi connectivity index (χ4n) is 1.35. The highest BCUT2D eigenvalue weighted by Gasteiger charge is 1.93. The molecule has 0 atom stereocenters. The van der Waals surface area contributed by atoms with Crippen LogP contribution < -0.4 is 5.32 Å². The molecule has 0 aromatic carbocycles. The van der Waals surface area contributed by atoms with E-state index in [0.717, 1.165) is 25.4 Å². The average molecular weight is 223 g/mol. The van der Waals surface area contributed by atoms with Crippen molar-refractivity contribution in [1.29, 1.82) is 0 Å². The quantitative estimate of drug-likeness (QED) is 0.725. The van der Waals surface area contributed by atoms with Crippen molar-refractivity contribution in [2.45, 2.75) is 27.2 Å². The van der Waals surface area contributed by atoms with Crippen LogP contribution in [-0.4, -0.2) is 13.1 Å². The molecule has 84 valence electrons. The number of aryl methyl sites for hydroxylation is 1. The normalized spacial score (nSPS) is 11.7. The lowest BCUT2D eigenvalue weighted by atomic mass is 10.2. The Bertz CT molecular complexity index is 299. The Hall–Kier alpha value is -0.600. The Morgan fingerprint density at radius 3 is 2.87 bits per heavy atom. The Labute approximate surface area is 97.2 Å². The number of rotatable bonds is 6. The molecule has 0 bridgehead atoms. The Kier molecular flexibility index (Phi) is 5.66. The van der Waals surface area contributed by atoms with Crippen LogP contribution in [0.4, 0.5) is 0 Å². The fraction of sp³-hybridized carbons (Fsp3) is 0.538. The van der Waals surface area contributed by atoms with E-state index in [9.17, 15) is 0 Å². The second kappa shape index (κ2) is 6.81. The van der Waals surface area contributed by atoms with Gasteiger partial charge < -0.3 is 5.32 Å². The molecule has 0 amide bonds. The standard InChI is InChI=1S/C13H21NS/c1-11(2)10-14-8-5-4-6-13-7-9-15-12(13)3/h4,6-7,9,11,14H,5,8,10H2,1-3H3/b6-4+. The van der Waals surface area contributed by atoms with Crippen molar-refractivity contribution in [1.82, 2.24) is 5.32 Å². The van der Waals surface area contributed by atoms with Crippen molar-refractivity contribution in [3.8, 4) is 0 Å². The van der Waals surface area contributed by atoms with Crippen molar-refractivity contribution < 1.29 is 0 Å². The minimum Gasteiger partial charge on any atom is -0.316 e. The highest BCUT2D eigenvalue weighted by molar-refractivity contribution is 7.10. The summed E-state index contributed by atoms with van der Waals surface area (Å²) in [6.45, 7) is 8.83. The van der Waals surface area contributed by atoms with Gasteiger partial charge in [-0.15, -0.1) is 11.3 Å². The zero-order valence-corrected chi connectivity index (χ0v) is 10.7. The molecule has 2 heteroatoms. The minimum absolute atomic E-state index is 0.744. The van der Waals surface area contributed by atoms with Gasteiger partial charge in [-0.3, -0.25) is 0 Å². The first-order valence-corrected chi connectivity index (χ1v) is 6.49. The molecule has 0 spiro atoms. The number of nitrogens with one attached hydrogen (secondary N) is 1. The van der Waals surface area contributed by atoms with E-state index >= 15 is 0 Å². The molecule has 0 aliphatic heterocycles. The maximum absolute atomic E-state index is 3.43. The van der Waals surface area contributed by atoms with Gasteiger partial charge in [0.1, 0.15) is 0 Å². The van der Waals surface area contributed by atoms with E-state index in [4.69, 9.17) is 0 Å². The van der Waals surface area contributed by atoms with E-state index in [1.165, 1.54) is 10.4 Å². The second-order valence-corrected chi connectivity index (χ2v) is 5.34. The summed E-state index contributed by atoms with van der Waals surface area (Å²) in [5, 5.41) is 5.58. The summed E-state index contributed by atoms with van der Waals surface area (Å²) in [5.41, 5.74) is 1.36. The van der Waals surface area contributed by atoms with E-state index in [2.05, 4.69) is 49.7 Å². The molecule has 0 aliphatic rings. The molecule has 1 N–H and O–H groups in total. The zero-order chi connectivity index (χ0) is 11.1. The molecule has 0 radical (unpaired) electrons. The third kappa shape index (κ3) is 5.14. The summed E-state index contributed by atoms with van der Waals surface area (Å²) in [4.78, 5) is 1.40. The van der Waals surface area contributed by atoms with Crippen molar-refractivity contribution in [3.05, 3.63) is 28.0 Å². The number of hydrogen-bond donors (Lipinski definition) is 1. The molecule has 0 fully saturated rings. The molecule has 1 nitrogen and oxygen atoms in total. The predicted molar refractivity (Wildman–Crippen MR) is 70.4 cm³/mol. The van der Waals surface area contributed by atoms with Gasteiger partial charge in [0.2, 0.25) is 0 Å². The van der Waals surface area contributed by atoms with Crippen LogP contribution >= 0.6 is 11.3 Å². The average Bonchev–Trinajstić information content (AvgIpc) is 2.57. The third-order valence-electron chi connectivity index (χ3n) is 2.24. The van der Waals surface area contributed by atoms with Crippen molar-refractivity contribution >= 4 is 17.4 Å². The second-order valence-electron chi connectivity index (χ2n) is 4.22. The molecule has 0 aliphatic carbocycles. The molecule has 0 saturated carbocycles. The summed E-state index contributed by atoms with van der Waals surface area (Å²) >= 11 is 1.81. The SMILES string of the molecule is Cc1sccc1/C=C/CCNCC(C)C. The first-order valence-electron chi connectivity index (χ1n) is 5.61. The maximum atomic E-state index is 3.43. The molecular formula is C13H21NS. The molecule has 1 heterocycles. The van der Waals surface area contributed by atoms with Crippen LogP contribution in [0.1, 0.15) is 30.7 Å². The predicted octanol–water partition coefficient (Wildman–Crippen LogP) is 3.71.